The van der Waals surface area contributed by atoms with Gasteiger partial charge in [-0.1, -0.05) is 46.9 Å². The van der Waals surface area contributed by atoms with Gasteiger partial charge in [0.25, 0.3) is 5.91 Å². The van der Waals surface area contributed by atoms with E-state index in [0.29, 0.717) is 16.3 Å². The van der Waals surface area contributed by atoms with Gasteiger partial charge in [-0.05, 0) is 35.9 Å². The Hall–Kier alpha value is -1.75. The van der Waals surface area contributed by atoms with E-state index in [1.165, 1.54) is 30.3 Å². The molecule has 1 amide bonds. The number of carbonyl (C=O) groups excluding carboxylic acids is 1. The summed E-state index contributed by atoms with van der Waals surface area (Å²) in [5.74, 6) is -0.762. The fourth-order valence-corrected chi connectivity index (χ4v) is 2.48. The summed E-state index contributed by atoms with van der Waals surface area (Å²) >= 11 is 17.7. The lowest BCUT2D eigenvalue weighted by molar-refractivity contribution is -0.115. The van der Waals surface area contributed by atoms with Gasteiger partial charge in [-0.2, -0.15) is 0 Å². The molecule has 2 rings (SSSR count). The molecule has 2 aromatic rings. The molecule has 114 valence electrons. The van der Waals surface area contributed by atoms with E-state index in [0.717, 1.165) is 0 Å². The second-order valence-electron chi connectivity index (χ2n) is 4.24. The molecule has 0 unspecified atom stereocenters. The van der Waals surface area contributed by atoms with Crippen LogP contribution in [0.4, 0.5) is 10.1 Å². The summed E-state index contributed by atoms with van der Waals surface area (Å²) in [4.78, 5) is 11.7. The van der Waals surface area contributed by atoms with Crippen molar-refractivity contribution >= 4 is 52.5 Å². The van der Waals surface area contributed by atoms with Crippen molar-refractivity contribution in [2.75, 3.05) is 5.43 Å². The van der Waals surface area contributed by atoms with Crippen molar-refractivity contribution in [2.45, 2.75) is 0 Å². The third kappa shape index (κ3) is 4.63. The average Bonchev–Trinajstić information content (AvgIpc) is 2.45. The maximum Gasteiger partial charge on any atom is 0.262 e. The summed E-state index contributed by atoms with van der Waals surface area (Å²) in [5.41, 5.74) is 6.08. The van der Waals surface area contributed by atoms with Crippen LogP contribution < -0.4 is 10.9 Å². The Balaban J connectivity index is 1.97. The van der Waals surface area contributed by atoms with Crippen LogP contribution in [0, 0.1) is 5.82 Å². The zero-order valence-corrected chi connectivity index (χ0v) is 13.3. The molecule has 2 N–H and O–H groups in total. The second-order valence-corrected chi connectivity index (χ2v) is 5.49. The summed E-state index contributed by atoms with van der Waals surface area (Å²) in [7, 11) is 0. The molecule has 7 heteroatoms. The number of carbonyl (C=O) groups is 1. The zero-order valence-electron chi connectivity index (χ0n) is 11.0. The lowest BCUT2D eigenvalue weighted by Crippen LogP contribution is -2.27. The third-order valence-corrected chi connectivity index (χ3v) is 3.43. The first-order valence-electron chi connectivity index (χ1n) is 6.10. The number of amides is 1. The Bertz CT molecular complexity index is 694. The molecule has 0 bridgehead atoms. The minimum Gasteiger partial charge on any atom is -0.295 e. The fourth-order valence-electron chi connectivity index (χ4n) is 1.57. The maximum atomic E-state index is 12.8. The van der Waals surface area contributed by atoms with E-state index in [1.807, 2.05) is 0 Å². The number of nitrogens with one attached hydrogen (secondary N) is 2. The number of halogens is 4. The quantitative estimate of drug-likeness (QED) is 0.599. The largest absolute Gasteiger partial charge is 0.295 e. The Kier molecular flexibility index (Phi) is 5.66. The molecule has 0 aliphatic heterocycles. The highest BCUT2D eigenvalue weighted by Crippen LogP contribution is 2.32. The maximum absolute atomic E-state index is 12.8. The van der Waals surface area contributed by atoms with E-state index in [1.54, 1.807) is 18.2 Å². The van der Waals surface area contributed by atoms with E-state index in [9.17, 15) is 9.18 Å². The molecule has 0 radical (unpaired) electrons. The van der Waals surface area contributed by atoms with Gasteiger partial charge in [-0.15, -0.1) is 0 Å². The Morgan fingerprint density at radius 1 is 1.05 bits per heavy atom. The van der Waals surface area contributed by atoms with Crippen molar-refractivity contribution in [2.24, 2.45) is 0 Å². The first-order valence-corrected chi connectivity index (χ1v) is 7.23. The number of hydrazine groups is 1. The van der Waals surface area contributed by atoms with Gasteiger partial charge in [0.15, 0.2) is 0 Å². The molecule has 0 aliphatic carbocycles. The fraction of sp³-hybridized carbons (Fsp3) is 0. The molecule has 0 fully saturated rings. The first kappa shape index (κ1) is 16.6. The van der Waals surface area contributed by atoms with Gasteiger partial charge >= 0.3 is 0 Å². The minimum atomic E-state index is -0.425. The Labute approximate surface area is 141 Å². The third-order valence-electron chi connectivity index (χ3n) is 2.61. The standard InChI is InChI=1S/C15H10Cl3FN2O/c16-10-7-12(17)15(13(18)8-10)21-20-14(22)6-3-9-1-4-11(19)5-2-9/h1-8,21H,(H,20,22)/b6-3+. The SMILES string of the molecule is O=C(/C=C/c1ccc(F)cc1)NNc1c(Cl)cc(Cl)cc1Cl. The highest BCUT2D eigenvalue weighted by molar-refractivity contribution is 6.41. The van der Waals surface area contributed by atoms with Gasteiger partial charge in [-0.3, -0.25) is 15.6 Å². The van der Waals surface area contributed by atoms with Crippen LogP contribution in [0.1, 0.15) is 5.56 Å². The molecule has 0 aliphatic rings. The predicted octanol–water partition coefficient (Wildman–Crippen LogP) is 4.94. The molecular formula is C15H10Cl3FN2O. The highest BCUT2D eigenvalue weighted by atomic mass is 35.5. The minimum absolute atomic E-state index is 0.278. The predicted molar refractivity (Wildman–Crippen MR) is 88.7 cm³/mol. The van der Waals surface area contributed by atoms with Crippen LogP contribution in [0.25, 0.3) is 6.08 Å². The van der Waals surface area contributed by atoms with Crippen LogP contribution in [0.5, 0.6) is 0 Å². The molecule has 0 aromatic heterocycles. The average molecular weight is 360 g/mol. The molecule has 0 spiro atoms. The van der Waals surface area contributed by atoms with Crippen LogP contribution in [0.2, 0.25) is 15.1 Å². The van der Waals surface area contributed by atoms with Gasteiger partial charge in [0.1, 0.15) is 5.82 Å². The summed E-state index contributed by atoms with van der Waals surface area (Å²) in [6.45, 7) is 0. The highest BCUT2D eigenvalue weighted by Gasteiger charge is 2.08. The summed E-state index contributed by atoms with van der Waals surface area (Å²) in [6.07, 6.45) is 2.83. The van der Waals surface area contributed by atoms with Crippen molar-refractivity contribution in [3.05, 3.63) is 68.9 Å². The number of rotatable bonds is 4. The van der Waals surface area contributed by atoms with E-state index in [4.69, 9.17) is 34.8 Å². The lowest BCUT2D eigenvalue weighted by Gasteiger charge is -2.10. The van der Waals surface area contributed by atoms with Gasteiger partial charge in [0.2, 0.25) is 0 Å². The van der Waals surface area contributed by atoms with E-state index in [-0.39, 0.29) is 15.9 Å². The van der Waals surface area contributed by atoms with Gasteiger partial charge in [0.05, 0.1) is 15.7 Å². The van der Waals surface area contributed by atoms with Crippen LogP contribution >= 0.6 is 34.8 Å². The zero-order chi connectivity index (χ0) is 16.1. The first-order chi connectivity index (χ1) is 10.5. The molecule has 3 nitrogen and oxygen atoms in total. The van der Waals surface area contributed by atoms with Crippen molar-refractivity contribution in [3.63, 3.8) is 0 Å². The van der Waals surface area contributed by atoms with Gasteiger partial charge in [0, 0.05) is 11.1 Å². The molecule has 22 heavy (non-hydrogen) atoms. The number of hydrogen-bond acceptors (Lipinski definition) is 2. The van der Waals surface area contributed by atoms with Crippen molar-refractivity contribution in [1.29, 1.82) is 0 Å². The smallest absolute Gasteiger partial charge is 0.262 e. The van der Waals surface area contributed by atoms with Crippen molar-refractivity contribution in [3.8, 4) is 0 Å². The molecule has 0 heterocycles. The second kappa shape index (κ2) is 7.49. The van der Waals surface area contributed by atoms with E-state index < -0.39 is 5.91 Å². The van der Waals surface area contributed by atoms with Crippen LogP contribution in [-0.2, 0) is 4.79 Å². The van der Waals surface area contributed by atoms with E-state index in [2.05, 4.69) is 10.9 Å². The number of anilines is 1. The Morgan fingerprint density at radius 3 is 2.23 bits per heavy atom. The molecule has 0 saturated heterocycles. The monoisotopic (exact) mass is 358 g/mol. The van der Waals surface area contributed by atoms with Crippen molar-refractivity contribution in [1.82, 2.24) is 5.43 Å². The normalized spacial score (nSPS) is 10.7. The summed E-state index contributed by atoms with van der Waals surface area (Å²) in [6, 6.07) is 8.72. The van der Waals surface area contributed by atoms with Gasteiger partial charge < -0.3 is 0 Å². The van der Waals surface area contributed by atoms with Crippen LogP contribution in [0.3, 0.4) is 0 Å². The Morgan fingerprint density at radius 2 is 1.64 bits per heavy atom. The molecule has 0 saturated carbocycles. The number of benzene rings is 2. The van der Waals surface area contributed by atoms with Gasteiger partial charge in [-0.25, -0.2) is 4.39 Å². The summed E-state index contributed by atoms with van der Waals surface area (Å²) < 4.78 is 12.8. The molecule has 2 aromatic carbocycles. The molecule has 0 atom stereocenters. The van der Waals surface area contributed by atoms with Crippen LogP contribution in [-0.4, -0.2) is 5.91 Å². The lowest BCUT2D eigenvalue weighted by atomic mass is 10.2. The van der Waals surface area contributed by atoms with E-state index >= 15 is 0 Å². The summed E-state index contributed by atoms with van der Waals surface area (Å²) in [5, 5.41) is 0.948. The molecular weight excluding hydrogens is 350 g/mol. The van der Waals surface area contributed by atoms with Crippen LogP contribution in [0.15, 0.2) is 42.5 Å². The topological polar surface area (TPSA) is 41.1 Å². The number of hydrogen-bond donors (Lipinski definition) is 2. The van der Waals surface area contributed by atoms with Crippen molar-refractivity contribution < 1.29 is 9.18 Å².